The minimum Gasteiger partial charge on any atom is -0.353 e. The molecule has 1 amide bonds. The molecule has 2 nitrogen and oxygen atoms in total. The van der Waals surface area contributed by atoms with E-state index in [0.29, 0.717) is 5.75 Å². The average molecular weight is 273 g/mol. The van der Waals surface area contributed by atoms with Crippen LogP contribution in [-0.4, -0.2) is 17.7 Å². The first-order valence-electron chi connectivity index (χ1n) is 6.60. The molecule has 0 fully saturated rings. The lowest BCUT2D eigenvalue weighted by Crippen LogP contribution is -2.33. The van der Waals surface area contributed by atoms with Crippen molar-refractivity contribution in [3.8, 4) is 0 Å². The van der Waals surface area contributed by atoms with Crippen LogP contribution in [0.3, 0.4) is 0 Å². The first-order valence-corrected chi connectivity index (χ1v) is 7.58. The van der Waals surface area contributed by atoms with Crippen molar-refractivity contribution in [2.45, 2.75) is 31.2 Å². The highest BCUT2D eigenvalue weighted by atomic mass is 32.2. The second kappa shape index (κ2) is 6.62. The summed E-state index contributed by atoms with van der Waals surface area (Å²) in [6.07, 6.45) is 0.965. The summed E-state index contributed by atoms with van der Waals surface area (Å²) in [6, 6.07) is 14.8. The van der Waals surface area contributed by atoms with E-state index in [1.807, 2.05) is 19.1 Å². The van der Waals surface area contributed by atoms with Crippen LogP contribution in [0.15, 0.2) is 47.4 Å². The number of thioether (sulfide) groups is 1. The highest BCUT2D eigenvalue weighted by Crippen LogP contribution is 2.23. The van der Waals surface area contributed by atoms with Crippen LogP contribution in [0.2, 0.25) is 0 Å². The zero-order chi connectivity index (χ0) is 13.7. The van der Waals surface area contributed by atoms with E-state index in [0.717, 1.165) is 11.3 Å². The molecule has 0 aliphatic heterocycles. The van der Waals surface area contributed by atoms with Crippen molar-refractivity contribution in [3.05, 3.63) is 42.5 Å². The van der Waals surface area contributed by atoms with Gasteiger partial charge in [0.1, 0.15) is 0 Å². The number of nitrogens with one attached hydrogen (secondary N) is 1. The van der Waals surface area contributed by atoms with Crippen LogP contribution in [0.5, 0.6) is 0 Å². The Kier molecular flexibility index (Phi) is 4.86. The van der Waals surface area contributed by atoms with E-state index in [9.17, 15) is 4.79 Å². The van der Waals surface area contributed by atoms with Crippen LogP contribution in [0, 0.1) is 0 Å². The van der Waals surface area contributed by atoms with Gasteiger partial charge in [-0.2, -0.15) is 0 Å². The summed E-state index contributed by atoms with van der Waals surface area (Å²) in [5.74, 6) is 0.579. The maximum absolute atomic E-state index is 11.7. The fraction of sp³-hybridized carbons (Fsp3) is 0.312. The maximum Gasteiger partial charge on any atom is 0.230 e. The van der Waals surface area contributed by atoms with Gasteiger partial charge < -0.3 is 5.32 Å². The van der Waals surface area contributed by atoms with Crippen LogP contribution >= 0.6 is 11.8 Å². The second-order valence-corrected chi connectivity index (χ2v) is 5.72. The Morgan fingerprint density at radius 2 is 1.95 bits per heavy atom. The SMILES string of the molecule is CCC(C)NC(=O)CSc1ccc2ccccc2c1. The van der Waals surface area contributed by atoms with E-state index in [2.05, 4.69) is 42.6 Å². The number of carbonyl (C=O) groups is 1. The van der Waals surface area contributed by atoms with Crippen molar-refractivity contribution < 1.29 is 4.79 Å². The van der Waals surface area contributed by atoms with Crippen LogP contribution in [0.1, 0.15) is 20.3 Å². The first kappa shape index (κ1) is 13.9. The normalized spacial score (nSPS) is 12.3. The molecule has 100 valence electrons. The molecule has 3 heteroatoms. The molecule has 0 aliphatic rings. The van der Waals surface area contributed by atoms with Gasteiger partial charge in [0.05, 0.1) is 5.75 Å². The molecule has 0 saturated heterocycles. The van der Waals surface area contributed by atoms with Crippen molar-refractivity contribution in [3.63, 3.8) is 0 Å². The predicted molar refractivity (Wildman–Crippen MR) is 82.6 cm³/mol. The lowest BCUT2D eigenvalue weighted by molar-refractivity contribution is -0.119. The molecule has 0 heterocycles. The van der Waals surface area contributed by atoms with Gasteiger partial charge in [0.15, 0.2) is 0 Å². The van der Waals surface area contributed by atoms with Gasteiger partial charge in [-0.3, -0.25) is 4.79 Å². The lowest BCUT2D eigenvalue weighted by atomic mass is 10.1. The van der Waals surface area contributed by atoms with Crippen LogP contribution in [0.4, 0.5) is 0 Å². The number of rotatable bonds is 5. The largest absolute Gasteiger partial charge is 0.353 e. The Labute approximate surface area is 118 Å². The van der Waals surface area contributed by atoms with Gasteiger partial charge in [0.2, 0.25) is 5.91 Å². The van der Waals surface area contributed by atoms with E-state index < -0.39 is 0 Å². The highest BCUT2D eigenvalue weighted by Gasteiger charge is 2.06. The van der Waals surface area contributed by atoms with E-state index in [-0.39, 0.29) is 11.9 Å². The van der Waals surface area contributed by atoms with Crippen molar-refractivity contribution in [1.29, 1.82) is 0 Å². The molecule has 19 heavy (non-hydrogen) atoms. The summed E-state index contributed by atoms with van der Waals surface area (Å²) in [5.41, 5.74) is 0. The molecule has 2 rings (SSSR count). The quantitative estimate of drug-likeness (QED) is 0.838. The lowest BCUT2D eigenvalue weighted by Gasteiger charge is -2.11. The summed E-state index contributed by atoms with van der Waals surface area (Å²) < 4.78 is 0. The minimum absolute atomic E-state index is 0.104. The third kappa shape index (κ3) is 4.00. The monoisotopic (exact) mass is 273 g/mol. The van der Waals surface area contributed by atoms with Crippen molar-refractivity contribution in [2.75, 3.05) is 5.75 Å². The van der Waals surface area contributed by atoms with Crippen LogP contribution < -0.4 is 5.32 Å². The summed E-state index contributed by atoms with van der Waals surface area (Å²) >= 11 is 1.58. The number of fused-ring (bicyclic) bond motifs is 1. The third-order valence-corrected chi connectivity index (χ3v) is 4.10. The molecule has 0 bridgehead atoms. The number of carbonyl (C=O) groups excluding carboxylic acids is 1. The van der Waals surface area contributed by atoms with Crippen LogP contribution in [-0.2, 0) is 4.79 Å². The van der Waals surface area contributed by atoms with E-state index in [4.69, 9.17) is 0 Å². The molecule has 2 aromatic rings. The standard InChI is InChI=1S/C16H19NOS/c1-3-12(2)17-16(18)11-19-15-9-8-13-6-4-5-7-14(13)10-15/h4-10,12H,3,11H2,1-2H3,(H,17,18). The summed E-state index contributed by atoms with van der Waals surface area (Å²) in [7, 11) is 0. The predicted octanol–water partition coefficient (Wildman–Crippen LogP) is 3.85. The van der Waals surface area contributed by atoms with Crippen molar-refractivity contribution in [1.82, 2.24) is 5.32 Å². The maximum atomic E-state index is 11.7. The zero-order valence-corrected chi connectivity index (χ0v) is 12.2. The van der Waals surface area contributed by atoms with Crippen molar-refractivity contribution in [2.24, 2.45) is 0 Å². The van der Waals surface area contributed by atoms with E-state index in [1.165, 1.54) is 10.8 Å². The van der Waals surface area contributed by atoms with Gasteiger partial charge in [-0.15, -0.1) is 11.8 Å². The third-order valence-electron chi connectivity index (χ3n) is 3.11. The molecule has 0 aromatic heterocycles. The van der Waals surface area contributed by atoms with Gasteiger partial charge in [-0.1, -0.05) is 37.3 Å². The van der Waals surface area contributed by atoms with E-state index in [1.54, 1.807) is 11.8 Å². The summed E-state index contributed by atoms with van der Waals surface area (Å²) in [6.45, 7) is 4.10. The molecule has 1 N–H and O–H groups in total. The Morgan fingerprint density at radius 1 is 1.21 bits per heavy atom. The van der Waals surface area contributed by atoms with Gasteiger partial charge in [0, 0.05) is 10.9 Å². The van der Waals surface area contributed by atoms with Crippen molar-refractivity contribution >= 4 is 28.4 Å². The Balaban J connectivity index is 1.96. The fourth-order valence-electron chi connectivity index (χ4n) is 1.82. The number of hydrogen-bond donors (Lipinski definition) is 1. The Bertz CT molecular complexity index is 567. The first-order chi connectivity index (χ1) is 9.19. The fourth-order valence-corrected chi connectivity index (χ4v) is 2.58. The average Bonchev–Trinajstić information content (AvgIpc) is 2.44. The van der Waals surface area contributed by atoms with Gasteiger partial charge in [0.25, 0.3) is 0 Å². The minimum atomic E-state index is 0.104. The molecule has 0 radical (unpaired) electrons. The Morgan fingerprint density at radius 3 is 2.68 bits per heavy atom. The van der Waals surface area contributed by atoms with Gasteiger partial charge >= 0.3 is 0 Å². The smallest absolute Gasteiger partial charge is 0.230 e. The highest BCUT2D eigenvalue weighted by molar-refractivity contribution is 8.00. The molecule has 0 spiro atoms. The Hall–Kier alpha value is -1.48. The van der Waals surface area contributed by atoms with Crippen LogP contribution in [0.25, 0.3) is 10.8 Å². The molecular formula is C16H19NOS. The van der Waals surface area contributed by atoms with E-state index >= 15 is 0 Å². The number of benzene rings is 2. The number of amides is 1. The van der Waals surface area contributed by atoms with Gasteiger partial charge in [-0.25, -0.2) is 0 Å². The molecule has 0 saturated carbocycles. The summed E-state index contributed by atoms with van der Waals surface area (Å²) in [4.78, 5) is 12.9. The molecular weight excluding hydrogens is 254 g/mol. The number of hydrogen-bond acceptors (Lipinski definition) is 2. The molecule has 1 unspecified atom stereocenters. The van der Waals surface area contributed by atoms with Gasteiger partial charge in [-0.05, 0) is 36.2 Å². The zero-order valence-electron chi connectivity index (χ0n) is 11.3. The topological polar surface area (TPSA) is 29.1 Å². The summed E-state index contributed by atoms with van der Waals surface area (Å²) in [5, 5.41) is 5.43. The molecule has 0 aliphatic carbocycles. The second-order valence-electron chi connectivity index (χ2n) is 4.67. The molecule has 2 aromatic carbocycles. The molecule has 1 atom stereocenters.